The first-order valence-corrected chi connectivity index (χ1v) is 10.8. The molecule has 3 aromatic rings. The SMILES string of the molecule is Cc1ccc(S(=O)(=O)NC(=O)Nc2cnc(NC(=O)c3cccc(CO)c3)nc2)s1. The van der Waals surface area contributed by atoms with Crippen molar-refractivity contribution in [1.29, 1.82) is 0 Å². The van der Waals surface area contributed by atoms with Gasteiger partial charge in [-0.3, -0.25) is 10.1 Å². The van der Waals surface area contributed by atoms with E-state index in [1.165, 1.54) is 24.5 Å². The molecular formula is C18H17N5O5S2. The Kier molecular flexibility index (Phi) is 6.40. The van der Waals surface area contributed by atoms with Gasteiger partial charge in [-0.25, -0.2) is 27.9 Å². The highest BCUT2D eigenvalue weighted by molar-refractivity contribution is 7.92. The summed E-state index contributed by atoms with van der Waals surface area (Å²) in [6.45, 7) is 1.56. The Hall–Kier alpha value is -3.35. The third kappa shape index (κ3) is 5.37. The van der Waals surface area contributed by atoms with E-state index in [9.17, 15) is 18.0 Å². The first kappa shape index (κ1) is 21.4. The second-order valence-corrected chi connectivity index (χ2v) is 9.23. The van der Waals surface area contributed by atoms with Crippen LogP contribution in [-0.2, 0) is 16.6 Å². The van der Waals surface area contributed by atoms with Crippen LogP contribution < -0.4 is 15.4 Å². The lowest BCUT2D eigenvalue weighted by Gasteiger charge is -2.08. The van der Waals surface area contributed by atoms with E-state index in [-0.39, 0.29) is 22.5 Å². The van der Waals surface area contributed by atoms with E-state index in [0.717, 1.165) is 16.2 Å². The van der Waals surface area contributed by atoms with Gasteiger partial charge in [-0.05, 0) is 36.8 Å². The Morgan fingerprint density at radius 3 is 2.47 bits per heavy atom. The molecule has 10 nitrogen and oxygen atoms in total. The molecule has 0 bridgehead atoms. The summed E-state index contributed by atoms with van der Waals surface area (Å²) in [4.78, 5) is 32.8. The van der Waals surface area contributed by atoms with Crippen LogP contribution in [-0.4, -0.2) is 35.4 Å². The van der Waals surface area contributed by atoms with Crippen LogP contribution in [0.25, 0.3) is 0 Å². The second-order valence-electron chi connectivity index (χ2n) is 6.03. The number of aromatic nitrogens is 2. The number of urea groups is 1. The van der Waals surface area contributed by atoms with E-state index in [0.29, 0.717) is 11.1 Å². The van der Waals surface area contributed by atoms with E-state index in [1.807, 2.05) is 4.72 Å². The van der Waals surface area contributed by atoms with Gasteiger partial charge in [0.05, 0.1) is 24.7 Å². The number of aliphatic hydroxyl groups excluding tert-OH is 1. The van der Waals surface area contributed by atoms with Crippen LogP contribution in [0.5, 0.6) is 0 Å². The smallest absolute Gasteiger partial charge is 0.333 e. The Morgan fingerprint density at radius 2 is 1.83 bits per heavy atom. The standard InChI is InChI=1S/C18H17N5O5S2/c1-11-5-6-15(29-11)30(27,28)23-18(26)21-14-8-19-17(20-9-14)22-16(25)13-4-2-3-12(7-13)10-24/h2-9,24H,10H2,1H3,(H2,21,23,26)(H,19,20,22,25). The van der Waals surface area contributed by atoms with E-state index < -0.39 is 22.0 Å². The number of carbonyl (C=O) groups excluding carboxylic acids is 2. The summed E-state index contributed by atoms with van der Waals surface area (Å²) in [5.41, 5.74) is 1.04. The highest BCUT2D eigenvalue weighted by Gasteiger charge is 2.19. The summed E-state index contributed by atoms with van der Waals surface area (Å²) in [6, 6.07) is 8.50. The van der Waals surface area contributed by atoms with Gasteiger partial charge in [0.1, 0.15) is 4.21 Å². The zero-order valence-electron chi connectivity index (χ0n) is 15.6. The van der Waals surface area contributed by atoms with Gasteiger partial charge in [-0.2, -0.15) is 0 Å². The molecule has 12 heteroatoms. The molecule has 1 aromatic carbocycles. The fourth-order valence-electron chi connectivity index (χ4n) is 2.33. The van der Waals surface area contributed by atoms with Crippen molar-refractivity contribution in [1.82, 2.24) is 14.7 Å². The predicted octanol–water partition coefficient (Wildman–Crippen LogP) is 2.10. The number of nitrogens with zero attached hydrogens (tertiary/aromatic N) is 2. The first-order valence-electron chi connectivity index (χ1n) is 8.50. The third-order valence-corrected chi connectivity index (χ3v) is 6.54. The quantitative estimate of drug-likeness (QED) is 0.452. The fourth-order valence-corrected chi connectivity index (χ4v) is 4.52. The van der Waals surface area contributed by atoms with Crippen molar-refractivity contribution in [2.24, 2.45) is 0 Å². The van der Waals surface area contributed by atoms with Gasteiger partial charge in [0.25, 0.3) is 15.9 Å². The molecule has 0 saturated carbocycles. The van der Waals surface area contributed by atoms with Crippen molar-refractivity contribution in [3.63, 3.8) is 0 Å². The van der Waals surface area contributed by atoms with Crippen molar-refractivity contribution in [3.05, 3.63) is 64.8 Å². The lowest BCUT2D eigenvalue weighted by Crippen LogP contribution is -2.34. The Balaban J connectivity index is 1.60. The number of nitrogens with one attached hydrogen (secondary N) is 3. The number of aryl methyl sites for hydroxylation is 1. The molecule has 3 rings (SSSR count). The minimum Gasteiger partial charge on any atom is -0.392 e. The molecular weight excluding hydrogens is 430 g/mol. The molecule has 4 N–H and O–H groups in total. The Bertz CT molecular complexity index is 1180. The summed E-state index contributed by atoms with van der Waals surface area (Å²) >= 11 is 1.04. The minimum absolute atomic E-state index is 0.0120. The second kappa shape index (κ2) is 8.98. The molecule has 0 unspecified atom stereocenters. The number of amides is 3. The van der Waals surface area contributed by atoms with E-state index in [2.05, 4.69) is 20.6 Å². The zero-order chi connectivity index (χ0) is 21.7. The summed E-state index contributed by atoms with van der Waals surface area (Å²) < 4.78 is 26.2. The normalized spacial score (nSPS) is 11.0. The molecule has 0 atom stereocenters. The molecule has 0 radical (unpaired) electrons. The summed E-state index contributed by atoms with van der Waals surface area (Å²) in [5, 5.41) is 13.9. The Morgan fingerprint density at radius 1 is 1.10 bits per heavy atom. The van der Waals surface area contributed by atoms with Crippen molar-refractivity contribution in [2.45, 2.75) is 17.7 Å². The fraction of sp³-hybridized carbons (Fsp3) is 0.111. The zero-order valence-corrected chi connectivity index (χ0v) is 17.3. The maximum absolute atomic E-state index is 12.2. The van der Waals surface area contributed by atoms with Crippen LogP contribution >= 0.6 is 11.3 Å². The summed E-state index contributed by atoms with van der Waals surface area (Å²) in [5.74, 6) is -0.483. The highest BCUT2D eigenvalue weighted by atomic mass is 32.2. The van der Waals surface area contributed by atoms with Crippen LogP contribution in [0.15, 0.2) is 53.0 Å². The molecule has 30 heavy (non-hydrogen) atoms. The summed E-state index contributed by atoms with van der Waals surface area (Å²) in [7, 11) is -3.98. The van der Waals surface area contributed by atoms with Crippen LogP contribution in [0.3, 0.4) is 0 Å². The van der Waals surface area contributed by atoms with Gasteiger partial charge < -0.3 is 10.4 Å². The van der Waals surface area contributed by atoms with E-state index in [4.69, 9.17) is 5.11 Å². The van der Waals surface area contributed by atoms with Crippen molar-refractivity contribution < 1.29 is 23.1 Å². The molecule has 0 fully saturated rings. The topological polar surface area (TPSA) is 150 Å². The van der Waals surface area contributed by atoms with Crippen LogP contribution in [0.2, 0.25) is 0 Å². The van der Waals surface area contributed by atoms with Crippen molar-refractivity contribution in [3.8, 4) is 0 Å². The lowest BCUT2D eigenvalue weighted by atomic mass is 10.1. The van der Waals surface area contributed by atoms with Crippen LogP contribution in [0.4, 0.5) is 16.4 Å². The molecule has 0 aliphatic carbocycles. The third-order valence-electron chi connectivity index (χ3n) is 3.71. The first-order chi connectivity index (χ1) is 14.3. The van der Waals surface area contributed by atoms with Gasteiger partial charge in [0, 0.05) is 10.4 Å². The number of rotatable bonds is 6. The highest BCUT2D eigenvalue weighted by Crippen LogP contribution is 2.20. The van der Waals surface area contributed by atoms with E-state index >= 15 is 0 Å². The molecule has 0 saturated heterocycles. The minimum atomic E-state index is -3.98. The monoisotopic (exact) mass is 447 g/mol. The van der Waals surface area contributed by atoms with Gasteiger partial charge in [-0.1, -0.05) is 12.1 Å². The van der Waals surface area contributed by atoms with E-state index in [1.54, 1.807) is 31.2 Å². The largest absolute Gasteiger partial charge is 0.392 e. The van der Waals surface area contributed by atoms with Gasteiger partial charge in [-0.15, -0.1) is 11.3 Å². The number of aliphatic hydroxyl groups is 1. The molecule has 0 aliphatic heterocycles. The molecule has 0 spiro atoms. The number of benzene rings is 1. The van der Waals surface area contributed by atoms with Gasteiger partial charge in [0.15, 0.2) is 0 Å². The van der Waals surface area contributed by atoms with Gasteiger partial charge >= 0.3 is 6.03 Å². The maximum atomic E-state index is 12.2. The van der Waals surface area contributed by atoms with Crippen molar-refractivity contribution in [2.75, 3.05) is 10.6 Å². The molecule has 156 valence electrons. The van der Waals surface area contributed by atoms with Crippen LogP contribution in [0, 0.1) is 6.92 Å². The molecule has 2 heterocycles. The molecule has 2 aromatic heterocycles. The summed E-state index contributed by atoms with van der Waals surface area (Å²) in [6.07, 6.45) is 2.43. The van der Waals surface area contributed by atoms with Crippen LogP contribution in [0.1, 0.15) is 20.8 Å². The van der Waals surface area contributed by atoms with Gasteiger partial charge in [0.2, 0.25) is 5.95 Å². The molecule has 3 amide bonds. The average molecular weight is 447 g/mol. The maximum Gasteiger partial charge on any atom is 0.333 e. The number of sulfonamides is 1. The number of thiophene rings is 1. The number of hydrogen-bond acceptors (Lipinski definition) is 8. The number of anilines is 2. The molecule has 0 aliphatic rings. The van der Waals surface area contributed by atoms with Crippen molar-refractivity contribution >= 4 is 44.9 Å². The Labute approximate surface area is 176 Å². The lowest BCUT2D eigenvalue weighted by molar-refractivity contribution is 0.102. The number of hydrogen-bond donors (Lipinski definition) is 4. The number of carbonyl (C=O) groups is 2. The predicted molar refractivity (Wildman–Crippen MR) is 111 cm³/mol. The average Bonchev–Trinajstić information content (AvgIpc) is 3.16.